The van der Waals surface area contributed by atoms with E-state index in [1.54, 1.807) is 20.5 Å². The number of aromatic nitrogens is 2. The van der Waals surface area contributed by atoms with Gasteiger partial charge in [-0.05, 0) is 23.8 Å². The van der Waals surface area contributed by atoms with E-state index in [0.717, 1.165) is 40.1 Å². The normalized spacial score (nSPS) is 10.1. The van der Waals surface area contributed by atoms with Crippen molar-refractivity contribution in [2.24, 2.45) is 0 Å². The second-order valence-electron chi connectivity index (χ2n) is 4.70. The number of methoxy groups -OCH3 is 2. The van der Waals surface area contributed by atoms with E-state index in [0.29, 0.717) is 0 Å². The van der Waals surface area contributed by atoms with Gasteiger partial charge in [0.25, 0.3) is 0 Å². The van der Waals surface area contributed by atoms with Crippen LogP contribution in [0.25, 0.3) is 10.9 Å². The van der Waals surface area contributed by atoms with Crippen molar-refractivity contribution in [3.63, 3.8) is 0 Å². The zero-order chi connectivity index (χ0) is 14.7. The molecule has 0 N–H and O–H groups in total. The highest BCUT2D eigenvalue weighted by atomic mass is 35.5. The molecule has 0 amide bonds. The molecule has 0 aliphatic heterocycles. The largest absolute Gasteiger partial charge is 0.493 e. The lowest BCUT2D eigenvalue weighted by Gasteiger charge is -2.10. The lowest BCUT2D eigenvalue weighted by atomic mass is 10.1. The van der Waals surface area contributed by atoms with Gasteiger partial charge in [-0.25, -0.2) is 9.97 Å². The molecule has 1 heterocycles. The number of fused-ring (bicyclic) bond motifs is 1. The molecule has 3 aromatic rings. The molecular weight excluding hydrogens is 300 g/mol. The van der Waals surface area contributed by atoms with Crippen LogP contribution in [0.4, 0.5) is 0 Å². The number of para-hydroxylation sites is 1. The molecule has 2 aromatic carbocycles. The number of benzene rings is 2. The molecule has 0 aliphatic carbocycles. The van der Waals surface area contributed by atoms with Crippen molar-refractivity contribution in [1.82, 2.24) is 9.97 Å². The van der Waals surface area contributed by atoms with Gasteiger partial charge in [0.2, 0.25) is 0 Å². The van der Waals surface area contributed by atoms with Crippen molar-refractivity contribution in [1.29, 1.82) is 0 Å². The van der Waals surface area contributed by atoms with Crippen LogP contribution in [0.15, 0.2) is 48.8 Å². The lowest BCUT2D eigenvalue weighted by molar-refractivity contribution is 0.354. The third-order valence-corrected chi connectivity index (χ3v) is 3.44. The highest BCUT2D eigenvalue weighted by Crippen LogP contribution is 2.29. The van der Waals surface area contributed by atoms with E-state index in [1.165, 1.54) is 0 Å². The minimum absolute atomic E-state index is 0. The molecule has 0 atom stereocenters. The van der Waals surface area contributed by atoms with Gasteiger partial charge in [0.05, 0.1) is 25.4 Å². The van der Waals surface area contributed by atoms with Crippen molar-refractivity contribution in [2.45, 2.75) is 6.42 Å². The van der Waals surface area contributed by atoms with Crippen molar-refractivity contribution >= 4 is 23.3 Å². The minimum Gasteiger partial charge on any atom is -0.493 e. The summed E-state index contributed by atoms with van der Waals surface area (Å²) < 4.78 is 10.6. The predicted octanol–water partition coefficient (Wildman–Crippen LogP) is 3.66. The van der Waals surface area contributed by atoms with Crippen molar-refractivity contribution < 1.29 is 9.47 Å². The highest BCUT2D eigenvalue weighted by molar-refractivity contribution is 5.85. The Balaban J connectivity index is 0.00000176. The molecular formula is C17H17ClN2O2. The quantitative estimate of drug-likeness (QED) is 0.737. The van der Waals surface area contributed by atoms with Crippen LogP contribution in [0, 0.1) is 0 Å². The maximum Gasteiger partial charge on any atom is 0.160 e. The first-order chi connectivity index (χ1) is 10.3. The molecule has 22 heavy (non-hydrogen) atoms. The molecule has 0 bridgehead atoms. The Morgan fingerprint density at radius 3 is 2.45 bits per heavy atom. The minimum atomic E-state index is 0. The molecule has 114 valence electrons. The third kappa shape index (κ3) is 3.12. The fourth-order valence-corrected chi connectivity index (χ4v) is 2.39. The monoisotopic (exact) mass is 316 g/mol. The smallest absolute Gasteiger partial charge is 0.160 e. The SMILES string of the molecule is COc1ccc(Cc2ncnc3ccccc23)cc1OC.Cl. The van der Waals surface area contributed by atoms with E-state index in [9.17, 15) is 0 Å². The van der Waals surface area contributed by atoms with Crippen LogP contribution < -0.4 is 9.47 Å². The van der Waals surface area contributed by atoms with E-state index >= 15 is 0 Å². The van der Waals surface area contributed by atoms with Crippen LogP contribution in [0.3, 0.4) is 0 Å². The molecule has 0 radical (unpaired) electrons. The number of hydrogen-bond acceptors (Lipinski definition) is 4. The summed E-state index contributed by atoms with van der Waals surface area (Å²) in [6.45, 7) is 0. The van der Waals surface area contributed by atoms with Crippen molar-refractivity contribution in [2.75, 3.05) is 14.2 Å². The van der Waals surface area contributed by atoms with Crippen LogP contribution in [-0.2, 0) is 6.42 Å². The number of halogens is 1. The van der Waals surface area contributed by atoms with Gasteiger partial charge in [-0.15, -0.1) is 12.4 Å². The predicted molar refractivity (Wildman–Crippen MR) is 89.1 cm³/mol. The molecule has 5 heteroatoms. The molecule has 0 saturated heterocycles. The molecule has 3 rings (SSSR count). The Morgan fingerprint density at radius 1 is 0.909 bits per heavy atom. The molecule has 0 unspecified atom stereocenters. The summed E-state index contributed by atoms with van der Waals surface area (Å²) in [4.78, 5) is 8.71. The second-order valence-corrected chi connectivity index (χ2v) is 4.70. The van der Waals surface area contributed by atoms with Gasteiger partial charge in [-0.2, -0.15) is 0 Å². The second kappa shape index (κ2) is 7.09. The number of hydrogen-bond donors (Lipinski definition) is 0. The topological polar surface area (TPSA) is 44.2 Å². The molecule has 0 aliphatic rings. The van der Waals surface area contributed by atoms with E-state index in [1.807, 2.05) is 42.5 Å². The van der Waals surface area contributed by atoms with Crippen molar-refractivity contribution in [3.8, 4) is 11.5 Å². The molecule has 4 nitrogen and oxygen atoms in total. The lowest BCUT2D eigenvalue weighted by Crippen LogP contribution is -1.97. The zero-order valence-corrected chi connectivity index (χ0v) is 13.3. The van der Waals surface area contributed by atoms with Crippen LogP contribution in [0.2, 0.25) is 0 Å². The summed E-state index contributed by atoms with van der Waals surface area (Å²) in [5.74, 6) is 1.46. The fourth-order valence-electron chi connectivity index (χ4n) is 2.39. The summed E-state index contributed by atoms with van der Waals surface area (Å²) in [6.07, 6.45) is 2.34. The maximum absolute atomic E-state index is 5.34. The Morgan fingerprint density at radius 2 is 1.68 bits per heavy atom. The highest BCUT2D eigenvalue weighted by Gasteiger charge is 2.08. The average molecular weight is 317 g/mol. The van der Waals surface area contributed by atoms with Gasteiger partial charge in [0.1, 0.15) is 6.33 Å². The summed E-state index contributed by atoms with van der Waals surface area (Å²) in [5.41, 5.74) is 3.09. The summed E-state index contributed by atoms with van der Waals surface area (Å²) in [7, 11) is 3.27. The first kappa shape index (κ1) is 16.0. The van der Waals surface area contributed by atoms with E-state index in [-0.39, 0.29) is 12.4 Å². The van der Waals surface area contributed by atoms with E-state index in [4.69, 9.17) is 9.47 Å². The standard InChI is InChI=1S/C17H16N2O2.ClH/c1-20-16-8-7-12(10-17(16)21-2)9-15-13-5-3-4-6-14(13)18-11-19-15;/h3-8,10-11H,9H2,1-2H3;1H. The summed E-state index contributed by atoms with van der Waals surface area (Å²) in [5, 5.41) is 1.08. The first-order valence-corrected chi connectivity index (χ1v) is 6.71. The zero-order valence-electron chi connectivity index (χ0n) is 12.4. The van der Waals surface area contributed by atoms with Crippen LogP contribution in [0.5, 0.6) is 11.5 Å². The Labute approximate surface area is 135 Å². The van der Waals surface area contributed by atoms with Gasteiger partial charge in [-0.1, -0.05) is 24.3 Å². The number of rotatable bonds is 4. The van der Waals surface area contributed by atoms with Crippen molar-refractivity contribution in [3.05, 3.63) is 60.0 Å². The van der Waals surface area contributed by atoms with Crippen LogP contribution >= 0.6 is 12.4 Å². The molecule has 0 fully saturated rings. The van der Waals surface area contributed by atoms with Gasteiger partial charge in [0, 0.05) is 11.8 Å². The molecule has 1 aromatic heterocycles. The van der Waals surface area contributed by atoms with Gasteiger partial charge >= 0.3 is 0 Å². The Hall–Kier alpha value is -2.33. The van der Waals surface area contributed by atoms with Crippen LogP contribution in [-0.4, -0.2) is 24.2 Å². The molecule has 0 saturated carbocycles. The Bertz CT molecular complexity index is 772. The maximum atomic E-state index is 5.34. The van der Waals surface area contributed by atoms with E-state index < -0.39 is 0 Å². The number of ether oxygens (including phenoxy) is 2. The first-order valence-electron chi connectivity index (χ1n) is 6.71. The van der Waals surface area contributed by atoms with Crippen LogP contribution in [0.1, 0.15) is 11.3 Å². The Kier molecular flexibility index (Phi) is 5.17. The fraction of sp³-hybridized carbons (Fsp3) is 0.176. The van der Waals surface area contributed by atoms with Gasteiger partial charge in [-0.3, -0.25) is 0 Å². The van der Waals surface area contributed by atoms with Gasteiger partial charge in [0.15, 0.2) is 11.5 Å². The summed E-state index contributed by atoms with van der Waals surface area (Å²) in [6, 6.07) is 13.9. The number of nitrogens with zero attached hydrogens (tertiary/aromatic N) is 2. The third-order valence-electron chi connectivity index (χ3n) is 3.44. The van der Waals surface area contributed by atoms with E-state index in [2.05, 4.69) is 9.97 Å². The summed E-state index contributed by atoms with van der Waals surface area (Å²) >= 11 is 0. The average Bonchev–Trinajstić information content (AvgIpc) is 2.55. The van der Waals surface area contributed by atoms with Gasteiger partial charge < -0.3 is 9.47 Å². The molecule has 0 spiro atoms.